The molecule has 0 saturated carbocycles. The summed E-state index contributed by atoms with van der Waals surface area (Å²) in [7, 11) is 0. The van der Waals surface area contributed by atoms with Gasteiger partial charge in [0.15, 0.2) is 0 Å². The number of hydrogen-bond acceptors (Lipinski definition) is 4. The molecule has 7 heteroatoms. The Kier molecular flexibility index (Phi) is 5.90. The molecule has 2 aromatic carbocycles. The van der Waals surface area contributed by atoms with Crippen molar-refractivity contribution in [1.82, 2.24) is 5.32 Å². The first-order chi connectivity index (χ1) is 14.6. The predicted molar refractivity (Wildman–Crippen MR) is 118 cm³/mol. The van der Waals surface area contributed by atoms with Crippen LogP contribution >= 0.6 is 11.3 Å². The van der Waals surface area contributed by atoms with E-state index < -0.39 is 11.8 Å². The minimum atomic E-state index is -0.738. The van der Waals surface area contributed by atoms with Crippen LogP contribution in [0, 0.1) is 0 Å². The van der Waals surface area contributed by atoms with Crippen LogP contribution in [0.1, 0.15) is 27.2 Å². The number of nitrogens with one attached hydrogen (secondary N) is 2. The number of thiophene rings is 1. The number of carbonyl (C=O) groups excluding carboxylic acids is 3. The van der Waals surface area contributed by atoms with Gasteiger partial charge in [-0.2, -0.15) is 0 Å². The number of amides is 3. The number of nitrogens with zero attached hydrogens (tertiary/aromatic N) is 1. The maximum absolute atomic E-state index is 12.9. The molecule has 0 unspecified atom stereocenters. The number of anilines is 2. The second kappa shape index (κ2) is 8.92. The lowest BCUT2D eigenvalue weighted by Crippen LogP contribution is -2.36. The van der Waals surface area contributed by atoms with E-state index >= 15 is 0 Å². The molecule has 2 N–H and O–H groups in total. The Hall–Kier alpha value is -3.45. The highest BCUT2D eigenvalue weighted by Crippen LogP contribution is 2.31. The summed E-state index contributed by atoms with van der Waals surface area (Å²) in [5.41, 5.74) is 3.23. The minimum Gasteiger partial charge on any atom is -0.344 e. The number of carbonyl (C=O) groups is 3. The summed E-state index contributed by atoms with van der Waals surface area (Å²) in [6, 6.07) is 18.5. The van der Waals surface area contributed by atoms with E-state index in [4.69, 9.17) is 0 Å². The fraction of sp³-hybridized carbons (Fsp3) is 0.174. The number of fused-ring (bicyclic) bond motifs is 1. The van der Waals surface area contributed by atoms with Crippen LogP contribution in [0.2, 0.25) is 0 Å². The smallest absolute Gasteiger partial charge is 0.313 e. The van der Waals surface area contributed by atoms with Crippen molar-refractivity contribution in [2.45, 2.75) is 19.4 Å². The summed E-state index contributed by atoms with van der Waals surface area (Å²) in [5.74, 6) is -1.49. The van der Waals surface area contributed by atoms with Gasteiger partial charge in [0.2, 0.25) is 0 Å². The van der Waals surface area contributed by atoms with Gasteiger partial charge in [0.1, 0.15) is 0 Å². The SMILES string of the molecule is O=C(NCc1ccccc1)C(=O)Nc1ccc2c(c1)N(C(=O)c1cccs1)CCC2. The van der Waals surface area contributed by atoms with Crippen LogP contribution < -0.4 is 15.5 Å². The zero-order valence-corrected chi connectivity index (χ0v) is 17.1. The van der Waals surface area contributed by atoms with Gasteiger partial charge in [-0.1, -0.05) is 42.5 Å². The third-order valence-electron chi connectivity index (χ3n) is 4.94. The van der Waals surface area contributed by atoms with E-state index in [-0.39, 0.29) is 12.5 Å². The van der Waals surface area contributed by atoms with Gasteiger partial charge < -0.3 is 15.5 Å². The molecule has 1 aliphatic rings. The second-order valence-electron chi connectivity index (χ2n) is 7.00. The Bertz CT molecular complexity index is 1060. The second-order valence-corrected chi connectivity index (χ2v) is 7.95. The molecule has 152 valence electrons. The third-order valence-corrected chi connectivity index (χ3v) is 5.80. The maximum Gasteiger partial charge on any atom is 0.313 e. The van der Waals surface area contributed by atoms with Crippen LogP contribution in [0.25, 0.3) is 0 Å². The van der Waals surface area contributed by atoms with Crippen LogP contribution in [0.3, 0.4) is 0 Å². The van der Waals surface area contributed by atoms with Gasteiger partial charge in [-0.15, -0.1) is 11.3 Å². The molecule has 3 aromatic rings. The van der Waals surface area contributed by atoms with E-state index in [9.17, 15) is 14.4 Å². The number of hydrogen-bond donors (Lipinski definition) is 2. The van der Waals surface area contributed by atoms with Crippen LogP contribution in [0.15, 0.2) is 66.0 Å². The average molecular weight is 420 g/mol. The van der Waals surface area contributed by atoms with Gasteiger partial charge >= 0.3 is 11.8 Å². The molecule has 3 amide bonds. The molecule has 6 nitrogen and oxygen atoms in total. The highest BCUT2D eigenvalue weighted by atomic mass is 32.1. The molecule has 2 heterocycles. The Morgan fingerprint density at radius 3 is 2.57 bits per heavy atom. The van der Waals surface area contributed by atoms with E-state index in [1.807, 2.05) is 53.9 Å². The molecular formula is C23H21N3O3S. The predicted octanol–water partition coefficient (Wildman–Crippen LogP) is 3.60. The van der Waals surface area contributed by atoms with Crippen molar-refractivity contribution in [3.8, 4) is 0 Å². The zero-order chi connectivity index (χ0) is 20.9. The number of aryl methyl sites for hydroxylation is 1. The van der Waals surface area contributed by atoms with E-state index in [0.717, 1.165) is 29.7 Å². The fourth-order valence-electron chi connectivity index (χ4n) is 3.44. The summed E-state index contributed by atoms with van der Waals surface area (Å²) in [5, 5.41) is 7.13. The summed E-state index contributed by atoms with van der Waals surface area (Å²) in [4.78, 5) is 39.7. The van der Waals surface area contributed by atoms with Crippen LogP contribution in [-0.4, -0.2) is 24.3 Å². The molecule has 0 saturated heterocycles. The minimum absolute atomic E-state index is 0.0463. The van der Waals surface area contributed by atoms with E-state index in [2.05, 4.69) is 10.6 Å². The maximum atomic E-state index is 12.9. The van der Waals surface area contributed by atoms with E-state index in [1.54, 1.807) is 17.0 Å². The molecule has 0 spiro atoms. The summed E-state index contributed by atoms with van der Waals surface area (Å²) in [6.07, 6.45) is 1.76. The highest BCUT2D eigenvalue weighted by Gasteiger charge is 2.25. The van der Waals surface area contributed by atoms with Gasteiger partial charge in [-0.05, 0) is 47.5 Å². The molecule has 0 atom stereocenters. The monoisotopic (exact) mass is 419 g/mol. The lowest BCUT2D eigenvalue weighted by molar-refractivity contribution is -0.136. The van der Waals surface area contributed by atoms with Gasteiger partial charge in [0.25, 0.3) is 5.91 Å². The lowest BCUT2D eigenvalue weighted by atomic mass is 10.0. The molecule has 4 rings (SSSR count). The van der Waals surface area contributed by atoms with Crippen molar-refractivity contribution in [3.05, 3.63) is 82.0 Å². The summed E-state index contributed by atoms with van der Waals surface area (Å²) < 4.78 is 0. The third kappa shape index (κ3) is 4.41. The first kappa shape index (κ1) is 19.8. The van der Waals surface area contributed by atoms with Gasteiger partial charge in [-0.3, -0.25) is 14.4 Å². The highest BCUT2D eigenvalue weighted by molar-refractivity contribution is 7.12. The molecule has 30 heavy (non-hydrogen) atoms. The first-order valence-corrected chi connectivity index (χ1v) is 10.6. The standard InChI is InChI=1S/C23H21N3O3S/c27-21(24-15-16-6-2-1-3-7-16)22(28)25-18-11-10-17-8-4-12-26(19(17)14-18)23(29)20-9-5-13-30-20/h1-3,5-7,9-11,13-14H,4,8,12,15H2,(H,24,27)(H,25,28). The number of rotatable bonds is 4. The Morgan fingerprint density at radius 1 is 0.967 bits per heavy atom. The largest absolute Gasteiger partial charge is 0.344 e. The van der Waals surface area contributed by atoms with Gasteiger partial charge in [-0.25, -0.2) is 0 Å². The van der Waals surface area contributed by atoms with Crippen molar-refractivity contribution in [2.24, 2.45) is 0 Å². The molecule has 0 radical (unpaired) electrons. The van der Waals surface area contributed by atoms with E-state index in [0.29, 0.717) is 17.1 Å². The summed E-state index contributed by atoms with van der Waals surface area (Å²) in [6.45, 7) is 0.902. The Morgan fingerprint density at radius 2 is 1.80 bits per heavy atom. The van der Waals surface area contributed by atoms with Crippen molar-refractivity contribution in [2.75, 3.05) is 16.8 Å². The van der Waals surface area contributed by atoms with Crippen molar-refractivity contribution in [3.63, 3.8) is 0 Å². The normalized spacial score (nSPS) is 12.7. The van der Waals surface area contributed by atoms with Crippen LogP contribution in [-0.2, 0) is 22.6 Å². The van der Waals surface area contributed by atoms with Crippen molar-refractivity contribution >= 4 is 40.4 Å². The summed E-state index contributed by atoms with van der Waals surface area (Å²) >= 11 is 1.41. The Balaban J connectivity index is 1.45. The average Bonchev–Trinajstić information content (AvgIpc) is 3.32. The number of benzene rings is 2. The van der Waals surface area contributed by atoms with Gasteiger partial charge in [0, 0.05) is 24.5 Å². The molecule has 1 aliphatic heterocycles. The molecular weight excluding hydrogens is 398 g/mol. The quantitative estimate of drug-likeness (QED) is 0.635. The zero-order valence-electron chi connectivity index (χ0n) is 16.3. The van der Waals surface area contributed by atoms with Crippen LogP contribution in [0.5, 0.6) is 0 Å². The Labute approximate surface area is 178 Å². The van der Waals surface area contributed by atoms with Crippen molar-refractivity contribution in [1.29, 1.82) is 0 Å². The van der Waals surface area contributed by atoms with Crippen LogP contribution in [0.4, 0.5) is 11.4 Å². The van der Waals surface area contributed by atoms with Gasteiger partial charge in [0.05, 0.1) is 4.88 Å². The topological polar surface area (TPSA) is 78.5 Å². The molecule has 1 aromatic heterocycles. The van der Waals surface area contributed by atoms with E-state index in [1.165, 1.54) is 11.3 Å². The van der Waals surface area contributed by atoms with Crippen molar-refractivity contribution < 1.29 is 14.4 Å². The molecule has 0 aliphatic carbocycles. The first-order valence-electron chi connectivity index (χ1n) is 9.73. The molecule has 0 fully saturated rings. The fourth-order valence-corrected chi connectivity index (χ4v) is 4.11. The molecule has 0 bridgehead atoms. The lowest BCUT2D eigenvalue weighted by Gasteiger charge is -2.29.